The molecule has 0 saturated heterocycles. The van der Waals surface area contributed by atoms with Crippen molar-refractivity contribution >= 4 is 22.7 Å². The Bertz CT molecular complexity index is 1140. The zero-order valence-corrected chi connectivity index (χ0v) is 17.6. The molecular weight excluding hydrogens is 386 g/mol. The van der Waals surface area contributed by atoms with Crippen molar-refractivity contribution in [3.63, 3.8) is 0 Å². The Morgan fingerprint density at radius 2 is 1.35 bits per heavy atom. The first-order valence-electron chi connectivity index (χ1n) is 10.4. The Kier molecular flexibility index (Phi) is 6.34. The van der Waals surface area contributed by atoms with Gasteiger partial charge in [-0.2, -0.15) is 0 Å². The summed E-state index contributed by atoms with van der Waals surface area (Å²) in [7, 11) is 0. The largest absolute Gasteiger partial charge is 0.294 e. The number of imidazole rings is 1. The lowest BCUT2D eigenvalue weighted by atomic mass is 10.1. The molecule has 0 aliphatic rings. The van der Waals surface area contributed by atoms with Crippen LogP contribution in [0.5, 0.6) is 0 Å². The van der Waals surface area contributed by atoms with Crippen LogP contribution in [0.1, 0.15) is 39.9 Å². The van der Waals surface area contributed by atoms with Crippen LogP contribution in [-0.2, 0) is 13.1 Å². The van der Waals surface area contributed by atoms with E-state index in [9.17, 15) is 9.59 Å². The number of carbonyl (C=O) groups is 2. The third-order valence-corrected chi connectivity index (χ3v) is 5.26. The van der Waals surface area contributed by atoms with Gasteiger partial charge in [0.2, 0.25) is 5.91 Å². The van der Waals surface area contributed by atoms with Crippen molar-refractivity contribution in [1.82, 2.24) is 14.5 Å². The van der Waals surface area contributed by atoms with E-state index in [1.54, 1.807) is 0 Å². The number of carbonyl (C=O) groups excluding carboxylic acids is 2. The SMILES string of the molecule is CC(=O)c1nc2ccccc2n1C(=O)CCN(Cc1ccccc1)Cc1ccccc1. The molecule has 31 heavy (non-hydrogen) atoms. The minimum atomic E-state index is -0.213. The van der Waals surface area contributed by atoms with E-state index < -0.39 is 0 Å². The Labute approximate surface area is 182 Å². The molecule has 0 bridgehead atoms. The molecule has 4 aromatic rings. The highest BCUT2D eigenvalue weighted by Gasteiger charge is 2.20. The minimum Gasteiger partial charge on any atom is -0.294 e. The van der Waals surface area contributed by atoms with Crippen LogP contribution < -0.4 is 0 Å². The fourth-order valence-corrected chi connectivity index (χ4v) is 3.78. The molecule has 0 saturated carbocycles. The highest BCUT2D eigenvalue weighted by atomic mass is 16.2. The second-order valence-electron chi connectivity index (χ2n) is 7.64. The predicted molar refractivity (Wildman–Crippen MR) is 122 cm³/mol. The van der Waals surface area contributed by atoms with Gasteiger partial charge in [-0.25, -0.2) is 4.98 Å². The fourth-order valence-electron chi connectivity index (χ4n) is 3.78. The lowest BCUT2D eigenvalue weighted by Gasteiger charge is -2.22. The number of hydrogen-bond acceptors (Lipinski definition) is 4. The molecule has 4 rings (SSSR count). The number of aromatic nitrogens is 2. The predicted octanol–water partition coefficient (Wildman–Crippen LogP) is 4.97. The summed E-state index contributed by atoms with van der Waals surface area (Å²) in [5.74, 6) is -0.135. The van der Waals surface area contributed by atoms with Crippen molar-refractivity contribution in [3.05, 3.63) is 102 Å². The first-order valence-corrected chi connectivity index (χ1v) is 10.4. The van der Waals surface area contributed by atoms with Gasteiger partial charge in [-0.05, 0) is 23.3 Å². The van der Waals surface area contributed by atoms with Crippen molar-refractivity contribution in [2.75, 3.05) is 6.54 Å². The Hall–Kier alpha value is -3.57. The molecule has 3 aromatic carbocycles. The highest BCUT2D eigenvalue weighted by Crippen LogP contribution is 2.18. The van der Waals surface area contributed by atoms with Crippen molar-refractivity contribution in [2.24, 2.45) is 0 Å². The number of benzene rings is 3. The van der Waals surface area contributed by atoms with Gasteiger partial charge in [-0.3, -0.25) is 19.1 Å². The molecule has 0 amide bonds. The number of Topliss-reactive ketones (excluding diaryl/α,β-unsaturated/α-hetero) is 1. The van der Waals surface area contributed by atoms with Gasteiger partial charge in [0.25, 0.3) is 0 Å². The molecule has 0 aliphatic carbocycles. The average Bonchev–Trinajstić information content (AvgIpc) is 3.19. The smallest absolute Gasteiger partial charge is 0.234 e. The summed E-state index contributed by atoms with van der Waals surface area (Å²) in [5, 5.41) is 0. The van der Waals surface area contributed by atoms with Gasteiger partial charge in [-0.1, -0.05) is 72.8 Å². The van der Waals surface area contributed by atoms with Crippen molar-refractivity contribution < 1.29 is 9.59 Å². The zero-order chi connectivity index (χ0) is 21.6. The third-order valence-electron chi connectivity index (χ3n) is 5.26. The normalized spacial score (nSPS) is 11.2. The summed E-state index contributed by atoms with van der Waals surface area (Å²) < 4.78 is 1.47. The molecule has 0 spiro atoms. The summed E-state index contributed by atoms with van der Waals surface area (Å²) in [6.07, 6.45) is 0.292. The maximum Gasteiger partial charge on any atom is 0.234 e. The van der Waals surface area contributed by atoms with E-state index >= 15 is 0 Å². The minimum absolute atomic E-state index is 0.120. The summed E-state index contributed by atoms with van der Waals surface area (Å²) in [4.78, 5) is 31.9. The highest BCUT2D eigenvalue weighted by molar-refractivity contribution is 6.01. The number of hydrogen-bond donors (Lipinski definition) is 0. The Morgan fingerprint density at radius 1 is 0.806 bits per heavy atom. The van der Waals surface area contributed by atoms with Crippen LogP contribution in [0.4, 0.5) is 0 Å². The van der Waals surface area contributed by atoms with E-state index in [4.69, 9.17) is 0 Å². The van der Waals surface area contributed by atoms with E-state index in [-0.39, 0.29) is 17.5 Å². The average molecular weight is 412 g/mol. The maximum absolute atomic E-state index is 13.2. The Balaban J connectivity index is 1.55. The van der Waals surface area contributed by atoms with Crippen molar-refractivity contribution in [3.8, 4) is 0 Å². The monoisotopic (exact) mass is 411 g/mol. The number of para-hydroxylation sites is 2. The molecule has 5 heteroatoms. The molecule has 0 radical (unpaired) electrons. The fraction of sp³-hybridized carbons (Fsp3) is 0.192. The standard InChI is InChI=1S/C26H25N3O2/c1-20(30)26-27-23-14-8-9-15-24(23)29(26)25(31)16-17-28(18-21-10-4-2-5-11-21)19-22-12-6-3-7-13-22/h2-15H,16-19H2,1H3. The van der Waals surface area contributed by atoms with Crippen LogP contribution in [0.2, 0.25) is 0 Å². The van der Waals surface area contributed by atoms with E-state index in [0.29, 0.717) is 24.0 Å². The lowest BCUT2D eigenvalue weighted by Crippen LogP contribution is -2.28. The van der Waals surface area contributed by atoms with Crippen LogP contribution in [0, 0.1) is 0 Å². The van der Waals surface area contributed by atoms with Crippen LogP contribution in [0.25, 0.3) is 11.0 Å². The first kappa shape index (κ1) is 20.7. The maximum atomic E-state index is 13.2. The molecule has 5 nitrogen and oxygen atoms in total. The van der Waals surface area contributed by atoms with Crippen LogP contribution in [-0.4, -0.2) is 32.7 Å². The van der Waals surface area contributed by atoms with Gasteiger partial charge in [0.15, 0.2) is 11.6 Å². The van der Waals surface area contributed by atoms with Gasteiger partial charge < -0.3 is 0 Å². The molecular formula is C26H25N3O2. The molecule has 0 atom stereocenters. The van der Waals surface area contributed by atoms with Gasteiger partial charge in [0, 0.05) is 33.0 Å². The molecule has 0 aliphatic heterocycles. The molecule has 156 valence electrons. The van der Waals surface area contributed by atoms with Crippen LogP contribution >= 0.6 is 0 Å². The van der Waals surface area contributed by atoms with Gasteiger partial charge in [0.1, 0.15) is 0 Å². The van der Waals surface area contributed by atoms with Crippen LogP contribution in [0.15, 0.2) is 84.9 Å². The van der Waals surface area contributed by atoms with E-state index in [0.717, 1.165) is 13.1 Å². The van der Waals surface area contributed by atoms with Crippen LogP contribution in [0.3, 0.4) is 0 Å². The van der Waals surface area contributed by atoms with Crippen molar-refractivity contribution in [1.29, 1.82) is 0 Å². The van der Waals surface area contributed by atoms with Gasteiger partial charge in [-0.15, -0.1) is 0 Å². The lowest BCUT2D eigenvalue weighted by molar-refractivity contribution is 0.0863. The molecule has 1 aromatic heterocycles. The van der Waals surface area contributed by atoms with E-state index in [1.165, 1.54) is 22.6 Å². The number of rotatable bonds is 8. The first-order chi connectivity index (χ1) is 15.1. The summed E-state index contributed by atoms with van der Waals surface area (Å²) in [5.41, 5.74) is 3.73. The quantitative estimate of drug-likeness (QED) is 0.384. The summed E-state index contributed by atoms with van der Waals surface area (Å²) >= 11 is 0. The second-order valence-corrected chi connectivity index (χ2v) is 7.64. The number of fused-ring (bicyclic) bond motifs is 1. The summed E-state index contributed by atoms with van der Waals surface area (Å²) in [6, 6.07) is 27.9. The zero-order valence-electron chi connectivity index (χ0n) is 17.6. The van der Waals surface area contributed by atoms with Gasteiger partial charge >= 0.3 is 0 Å². The third kappa shape index (κ3) is 4.95. The van der Waals surface area contributed by atoms with Crippen molar-refractivity contribution in [2.45, 2.75) is 26.4 Å². The molecule has 1 heterocycles. The Morgan fingerprint density at radius 3 is 1.94 bits per heavy atom. The van der Waals surface area contributed by atoms with E-state index in [2.05, 4.69) is 34.1 Å². The summed E-state index contributed by atoms with van der Waals surface area (Å²) in [6.45, 7) is 3.51. The number of nitrogens with zero attached hydrogens (tertiary/aromatic N) is 3. The molecule has 0 unspecified atom stereocenters. The second kappa shape index (κ2) is 9.49. The topological polar surface area (TPSA) is 55.2 Å². The molecule has 0 fully saturated rings. The number of ketones is 1. The van der Waals surface area contributed by atoms with Gasteiger partial charge in [0.05, 0.1) is 11.0 Å². The molecule has 0 N–H and O–H groups in total. The van der Waals surface area contributed by atoms with E-state index in [1.807, 2.05) is 60.7 Å².